The number of nitrogens with one attached hydrogen (secondary N) is 2. The van der Waals surface area contributed by atoms with Gasteiger partial charge in [-0.05, 0) is 102 Å². The monoisotopic (exact) mass is 506 g/mol. The van der Waals surface area contributed by atoms with Gasteiger partial charge >= 0.3 is 0 Å². The molecule has 0 unspecified atom stereocenters. The van der Waals surface area contributed by atoms with Crippen LogP contribution < -0.4 is 10.0 Å². The van der Waals surface area contributed by atoms with Gasteiger partial charge in [-0.1, -0.05) is 12.1 Å². The number of carbonyl (C=O) groups excluding carboxylic acids is 1. The van der Waals surface area contributed by atoms with Gasteiger partial charge in [0.1, 0.15) is 0 Å². The van der Waals surface area contributed by atoms with Crippen molar-refractivity contribution in [2.24, 2.45) is 0 Å². The zero-order valence-corrected chi connectivity index (χ0v) is 18.3. The van der Waals surface area contributed by atoms with E-state index in [0.717, 1.165) is 14.7 Å². The molecule has 0 aliphatic rings. The summed E-state index contributed by atoms with van der Waals surface area (Å²) in [6.07, 6.45) is 0. The summed E-state index contributed by atoms with van der Waals surface area (Å²) in [6, 6.07) is 18.8. The lowest BCUT2D eigenvalue weighted by molar-refractivity contribution is 0.102. The van der Waals surface area contributed by atoms with Crippen molar-refractivity contribution in [3.63, 3.8) is 0 Å². The van der Waals surface area contributed by atoms with Crippen LogP contribution in [0.2, 0.25) is 0 Å². The number of aryl methyl sites for hydroxylation is 2. The first-order chi connectivity index (χ1) is 13.2. The third-order valence-corrected chi connectivity index (χ3v) is 6.05. The predicted molar refractivity (Wildman–Crippen MR) is 120 cm³/mol. The normalized spacial score (nSPS) is 11.1. The molecule has 0 aliphatic carbocycles. The highest BCUT2D eigenvalue weighted by Crippen LogP contribution is 2.21. The fourth-order valence-corrected chi connectivity index (χ4v) is 4.38. The van der Waals surface area contributed by atoms with E-state index in [1.165, 1.54) is 12.1 Å². The second-order valence-corrected chi connectivity index (χ2v) is 9.40. The number of anilines is 2. The number of carbonyl (C=O) groups is 1. The van der Waals surface area contributed by atoms with Crippen molar-refractivity contribution in [1.29, 1.82) is 0 Å². The lowest BCUT2D eigenvalue weighted by Crippen LogP contribution is -2.14. The van der Waals surface area contributed by atoms with E-state index >= 15 is 0 Å². The smallest absolute Gasteiger partial charge is 0.261 e. The summed E-state index contributed by atoms with van der Waals surface area (Å²) in [6.45, 7) is 3.83. The molecule has 1 amide bonds. The highest BCUT2D eigenvalue weighted by atomic mass is 127. The Hall–Kier alpha value is -2.39. The highest BCUT2D eigenvalue weighted by Gasteiger charge is 2.15. The summed E-state index contributed by atoms with van der Waals surface area (Å²) in [5, 5.41) is 2.77. The van der Waals surface area contributed by atoms with E-state index in [9.17, 15) is 13.2 Å². The second-order valence-electron chi connectivity index (χ2n) is 6.47. The van der Waals surface area contributed by atoms with Crippen molar-refractivity contribution < 1.29 is 13.2 Å². The van der Waals surface area contributed by atoms with Gasteiger partial charge in [-0.15, -0.1) is 0 Å². The predicted octanol–water partition coefficient (Wildman–Crippen LogP) is 4.96. The number of hydrogen-bond acceptors (Lipinski definition) is 3. The number of benzene rings is 3. The van der Waals surface area contributed by atoms with E-state index in [4.69, 9.17) is 0 Å². The first-order valence-electron chi connectivity index (χ1n) is 8.51. The minimum Gasteiger partial charge on any atom is -0.322 e. The van der Waals surface area contributed by atoms with Crippen molar-refractivity contribution >= 4 is 49.9 Å². The SMILES string of the molecule is Cc1cc(C)cc(NS(=O)(=O)c2ccc(NC(=O)c3cccc(I)c3)cc2)c1. The molecule has 0 heterocycles. The van der Waals surface area contributed by atoms with Crippen molar-refractivity contribution in [3.8, 4) is 0 Å². The van der Waals surface area contributed by atoms with E-state index in [1.54, 1.807) is 36.4 Å². The first-order valence-corrected chi connectivity index (χ1v) is 11.1. The fourth-order valence-electron chi connectivity index (χ4n) is 2.80. The van der Waals surface area contributed by atoms with E-state index in [-0.39, 0.29) is 10.8 Å². The lowest BCUT2D eigenvalue weighted by Gasteiger charge is -2.11. The largest absolute Gasteiger partial charge is 0.322 e. The fraction of sp³-hybridized carbons (Fsp3) is 0.0952. The van der Waals surface area contributed by atoms with Crippen LogP contribution in [0.4, 0.5) is 11.4 Å². The molecule has 0 aliphatic heterocycles. The average molecular weight is 506 g/mol. The number of amides is 1. The Labute approximate surface area is 178 Å². The zero-order valence-electron chi connectivity index (χ0n) is 15.4. The highest BCUT2D eigenvalue weighted by molar-refractivity contribution is 14.1. The van der Waals surface area contributed by atoms with Crippen LogP contribution in [0, 0.1) is 17.4 Å². The molecule has 144 valence electrons. The third-order valence-electron chi connectivity index (χ3n) is 3.98. The standard InChI is InChI=1S/C21H19IN2O3S/c1-14-10-15(2)12-19(11-14)24-28(26,27)20-8-6-18(7-9-20)23-21(25)16-4-3-5-17(22)13-16/h3-13,24H,1-2H3,(H,23,25). The molecular weight excluding hydrogens is 487 g/mol. The third kappa shape index (κ3) is 5.11. The minimum atomic E-state index is -3.71. The minimum absolute atomic E-state index is 0.124. The molecule has 0 fully saturated rings. The molecule has 3 aromatic carbocycles. The Morgan fingerprint density at radius 2 is 1.50 bits per heavy atom. The Kier molecular flexibility index (Phi) is 6.04. The second kappa shape index (κ2) is 8.32. The van der Waals surface area contributed by atoms with Crippen molar-refractivity contribution in [2.45, 2.75) is 18.7 Å². The summed E-state index contributed by atoms with van der Waals surface area (Å²) in [5.41, 5.74) is 3.54. The van der Waals surface area contributed by atoms with Crippen LogP contribution >= 0.6 is 22.6 Å². The summed E-state index contributed by atoms with van der Waals surface area (Å²) in [5.74, 6) is -0.248. The first kappa shape index (κ1) is 20.3. The molecule has 0 atom stereocenters. The van der Waals surface area contributed by atoms with Gasteiger partial charge in [0.25, 0.3) is 15.9 Å². The van der Waals surface area contributed by atoms with Gasteiger partial charge < -0.3 is 5.32 Å². The van der Waals surface area contributed by atoms with Gasteiger partial charge in [0.2, 0.25) is 0 Å². The lowest BCUT2D eigenvalue weighted by atomic mass is 10.1. The maximum absolute atomic E-state index is 12.6. The van der Waals surface area contributed by atoms with Crippen molar-refractivity contribution in [3.05, 3.63) is 87.0 Å². The number of halogens is 1. The molecular formula is C21H19IN2O3S. The average Bonchev–Trinajstić information content (AvgIpc) is 2.61. The molecule has 0 saturated heterocycles. The summed E-state index contributed by atoms with van der Waals surface area (Å²) in [7, 11) is -3.71. The van der Waals surface area contributed by atoms with Crippen LogP contribution in [0.5, 0.6) is 0 Å². The van der Waals surface area contributed by atoms with Crippen LogP contribution in [-0.4, -0.2) is 14.3 Å². The molecule has 0 saturated carbocycles. The van der Waals surface area contributed by atoms with Crippen LogP contribution in [0.15, 0.2) is 71.6 Å². The quantitative estimate of drug-likeness (QED) is 0.481. The van der Waals surface area contributed by atoms with Crippen molar-refractivity contribution in [1.82, 2.24) is 0 Å². The Morgan fingerprint density at radius 1 is 0.857 bits per heavy atom. The van der Waals surface area contributed by atoms with Crippen LogP contribution in [0.3, 0.4) is 0 Å². The molecule has 28 heavy (non-hydrogen) atoms. The summed E-state index contributed by atoms with van der Waals surface area (Å²) >= 11 is 2.14. The van der Waals surface area contributed by atoms with Gasteiger partial charge in [-0.25, -0.2) is 8.42 Å². The molecule has 0 radical (unpaired) electrons. The number of sulfonamides is 1. The van der Waals surface area contributed by atoms with Gasteiger partial charge in [0.15, 0.2) is 0 Å². The Bertz CT molecular complexity index is 1110. The molecule has 0 bridgehead atoms. The Balaban J connectivity index is 1.75. The van der Waals surface area contributed by atoms with E-state index < -0.39 is 10.0 Å². The van der Waals surface area contributed by atoms with E-state index in [2.05, 4.69) is 32.6 Å². The van der Waals surface area contributed by atoms with Crippen LogP contribution in [0.1, 0.15) is 21.5 Å². The molecule has 5 nitrogen and oxygen atoms in total. The maximum atomic E-state index is 12.6. The molecule has 2 N–H and O–H groups in total. The molecule has 3 aromatic rings. The molecule has 7 heteroatoms. The van der Waals surface area contributed by atoms with Crippen molar-refractivity contribution in [2.75, 3.05) is 10.0 Å². The topological polar surface area (TPSA) is 75.3 Å². The molecule has 3 rings (SSSR count). The zero-order chi connectivity index (χ0) is 20.3. The maximum Gasteiger partial charge on any atom is 0.261 e. The van der Waals surface area contributed by atoms with Gasteiger partial charge in [0, 0.05) is 20.5 Å². The van der Waals surface area contributed by atoms with Gasteiger partial charge in [0.05, 0.1) is 4.90 Å². The van der Waals surface area contributed by atoms with Crippen LogP contribution in [-0.2, 0) is 10.0 Å². The molecule has 0 spiro atoms. The number of hydrogen-bond donors (Lipinski definition) is 2. The van der Waals surface area contributed by atoms with E-state index in [1.807, 2.05) is 32.0 Å². The summed E-state index contributed by atoms with van der Waals surface area (Å²) < 4.78 is 28.8. The molecule has 0 aromatic heterocycles. The van der Waals surface area contributed by atoms with E-state index in [0.29, 0.717) is 16.9 Å². The Morgan fingerprint density at radius 3 is 2.11 bits per heavy atom. The summed E-state index contributed by atoms with van der Waals surface area (Å²) in [4.78, 5) is 12.4. The van der Waals surface area contributed by atoms with Crippen LogP contribution in [0.25, 0.3) is 0 Å². The van der Waals surface area contributed by atoms with Gasteiger partial charge in [-0.2, -0.15) is 0 Å². The number of rotatable bonds is 5. The van der Waals surface area contributed by atoms with Gasteiger partial charge in [-0.3, -0.25) is 9.52 Å².